The summed E-state index contributed by atoms with van der Waals surface area (Å²) in [7, 11) is 0. The fourth-order valence-corrected chi connectivity index (χ4v) is 1.31. The zero-order valence-electron chi connectivity index (χ0n) is 8.17. The Morgan fingerprint density at radius 3 is 2.27 bits per heavy atom. The number of hydrogen-bond acceptors (Lipinski definition) is 1. The molecule has 1 aromatic rings. The minimum atomic E-state index is -4.49. The van der Waals surface area contributed by atoms with Gasteiger partial charge in [-0.25, -0.2) is 0 Å². The summed E-state index contributed by atoms with van der Waals surface area (Å²) in [5, 5.41) is 8.74. The van der Waals surface area contributed by atoms with Gasteiger partial charge in [0.15, 0.2) is 0 Å². The molecule has 0 unspecified atom stereocenters. The van der Waals surface area contributed by atoms with Crippen LogP contribution in [-0.2, 0) is 6.42 Å². The Balaban J connectivity index is 2.28. The Morgan fingerprint density at radius 2 is 1.73 bits per heavy atom. The maximum atomic E-state index is 11.9. The van der Waals surface area contributed by atoms with Gasteiger partial charge in [-0.2, -0.15) is 13.2 Å². The van der Waals surface area contributed by atoms with Crippen LogP contribution in [0.4, 0.5) is 13.2 Å². The minimum absolute atomic E-state index is 0.238. The maximum absolute atomic E-state index is 11.9. The van der Waals surface area contributed by atoms with E-state index in [2.05, 4.69) is 0 Å². The normalized spacial score (nSPS) is 13.9. The van der Waals surface area contributed by atoms with Crippen LogP contribution >= 0.6 is 0 Å². The molecule has 0 aliphatic heterocycles. The number of aryl methyl sites for hydroxylation is 1. The van der Waals surface area contributed by atoms with E-state index in [-0.39, 0.29) is 6.42 Å². The molecule has 0 radical (unpaired) electrons. The van der Waals surface area contributed by atoms with Crippen LogP contribution in [0.3, 0.4) is 0 Å². The summed E-state index contributed by atoms with van der Waals surface area (Å²) in [6.45, 7) is 0. The molecular weight excluding hydrogens is 205 g/mol. The van der Waals surface area contributed by atoms with Gasteiger partial charge in [-0.1, -0.05) is 30.3 Å². The molecule has 4 heteroatoms. The number of benzene rings is 1. The van der Waals surface area contributed by atoms with Crippen molar-refractivity contribution < 1.29 is 18.3 Å². The van der Waals surface area contributed by atoms with Crippen molar-refractivity contribution >= 4 is 0 Å². The van der Waals surface area contributed by atoms with Crippen molar-refractivity contribution in [3.63, 3.8) is 0 Å². The van der Waals surface area contributed by atoms with Gasteiger partial charge in [-0.3, -0.25) is 0 Å². The summed E-state index contributed by atoms with van der Waals surface area (Å²) in [5.41, 5.74) is 0.992. The molecule has 0 spiro atoms. The molecule has 0 amide bonds. The van der Waals surface area contributed by atoms with Crippen LogP contribution in [0.15, 0.2) is 30.3 Å². The molecular formula is C11H13F3O. The summed E-state index contributed by atoms with van der Waals surface area (Å²) in [4.78, 5) is 0. The summed E-state index contributed by atoms with van der Waals surface area (Å²) in [5.74, 6) is 0. The maximum Gasteiger partial charge on any atom is 0.414 e. The van der Waals surface area contributed by atoms with Gasteiger partial charge < -0.3 is 5.11 Å². The molecule has 15 heavy (non-hydrogen) atoms. The molecule has 0 saturated carbocycles. The minimum Gasteiger partial charge on any atom is -0.384 e. The third-order valence-electron chi connectivity index (χ3n) is 2.16. The lowest BCUT2D eigenvalue weighted by Crippen LogP contribution is -2.28. The topological polar surface area (TPSA) is 20.2 Å². The van der Waals surface area contributed by atoms with Crippen LogP contribution in [0.2, 0.25) is 0 Å². The van der Waals surface area contributed by atoms with Crippen molar-refractivity contribution in [1.82, 2.24) is 0 Å². The van der Waals surface area contributed by atoms with Crippen LogP contribution in [0.25, 0.3) is 0 Å². The van der Waals surface area contributed by atoms with Crippen molar-refractivity contribution in [2.45, 2.75) is 31.5 Å². The third-order valence-corrected chi connectivity index (χ3v) is 2.16. The molecule has 84 valence electrons. The lowest BCUT2D eigenvalue weighted by atomic mass is 10.1. The van der Waals surface area contributed by atoms with E-state index in [0.29, 0.717) is 12.8 Å². The van der Waals surface area contributed by atoms with Gasteiger partial charge in [0.2, 0.25) is 0 Å². The van der Waals surface area contributed by atoms with Gasteiger partial charge in [0, 0.05) is 0 Å². The van der Waals surface area contributed by atoms with E-state index in [1.807, 2.05) is 30.3 Å². The van der Waals surface area contributed by atoms with Crippen molar-refractivity contribution in [2.24, 2.45) is 0 Å². The van der Waals surface area contributed by atoms with Crippen molar-refractivity contribution in [3.8, 4) is 0 Å². The predicted octanol–water partition coefficient (Wildman–Crippen LogP) is 2.93. The highest BCUT2D eigenvalue weighted by molar-refractivity contribution is 5.14. The van der Waals surface area contributed by atoms with Gasteiger partial charge in [0.1, 0.15) is 6.10 Å². The van der Waals surface area contributed by atoms with Gasteiger partial charge in [-0.15, -0.1) is 0 Å². The summed E-state index contributed by atoms with van der Waals surface area (Å²) >= 11 is 0. The van der Waals surface area contributed by atoms with E-state index < -0.39 is 12.3 Å². The van der Waals surface area contributed by atoms with E-state index in [1.54, 1.807) is 0 Å². The average molecular weight is 218 g/mol. The van der Waals surface area contributed by atoms with E-state index in [0.717, 1.165) is 5.56 Å². The molecule has 1 rings (SSSR count). The van der Waals surface area contributed by atoms with Crippen LogP contribution in [0.5, 0.6) is 0 Å². The van der Waals surface area contributed by atoms with Crippen LogP contribution in [0.1, 0.15) is 18.4 Å². The van der Waals surface area contributed by atoms with Crippen molar-refractivity contribution in [3.05, 3.63) is 35.9 Å². The Bertz CT molecular complexity index is 282. The highest BCUT2D eigenvalue weighted by Crippen LogP contribution is 2.23. The molecule has 1 N–H and O–H groups in total. The van der Waals surface area contributed by atoms with Gasteiger partial charge in [0.25, 0.3) is 0 Å². The van der Waals surface area contributed by atoms with Crippen molar-refractivity contribution in [1.29, 1.82) is 0 Å². The Labute approximate surface area is 86.5 Å². The summed E-state index contributed by atoms with van der Waals surface area (Å²) < 4.78 is 35.8. The summed E-state index contributed by atoms with van der Waals surface area (Å²) in [6.07, 6.45) is -6.02. The first-order chi connectivity index (χ1) is 7.00. The molecule has 0 aliphatic carbocycles. The molecule has 0 saturated heterocycles. The summed E-state index contributed by atoms with van der Waals surface area (Å²) in [6, 6.07) is 9.26. The molecule has 1 nitrogen and oxygen atoms in total. The van der Waals surface area contributed by atoms with Crippen LogP contribution in [0, 0.1) is 0 Å². The standard InChI is InChI=1S/C11H13F3O/c12-11(13,14)10(15)8-4-7-9-5-2-1-3-6-9/h1-3,5-6,10,15H,4,7-8H2/t10-/m0/s1. The lowest BCUT2D eigenvalue weighted by Gasteiger charge is -2.13. The third kappa shape index (κ3) is 4.34. The first-order valence-electron chi connectivity index (χ1n) is 4.79. The second-order valence-electron chi connectivity index (χ2n) is 3.44. The largest absolute Gasteiger partial charge is 0.414 e. The molecule has 0 aliphatic rings. The highest BCUT2D eigenvalue weighted by atomic mass is 19.4. The fraction of sp³-hybridized carbons (Fsp3) is 0.455. The van der Waals surface area contributed by atoms with E-state index >= 15 is 0 Å². The predicted molar refractivity (Wildman–Crippen MR) is 51.4 cm³/mol. The number of aliphatic hydroxyl groups is 1. The molecule has 1 atom stereocenters. The Morgan fingerprint density at radius 1 is 1.13 bits per heavy atom. The molecule has 0 heterocycles. The first kappa shape index (κ1) is 12.0. The quantitative estimate of drug-likeness (QED) is 0.823. The zero-order chi connectivity index (χ0) is 11.3. The first-order valence-corrected chi connectivity index (χ1v) is 4.79. The van der Waals surface area contributed by atoms with E-state index in [4.69, 9.17) is 5.11 Å². The van der Waals surface area contributed by atoms with E-state index in [1.165, 1.54) is 0 Å². The second-order valence-corrected chi connectivity index (χ2v) is 3.44. The molecule has 0 fully saturated rings. The smallest absolute Gasteiger partial charge is 0.384 e. The second kappa shape index (κ2) is 5.16. The van der Waals surface area contributed by atoms with Crippen LogP contribution < -0.4 is 0 Å². The SMILES string of the molecule is O[C@@H](CCCc1ccccc1)C(F)(F)F. The number of halogens is 3. The number of aliphatic hydroxyl groups excluding tert-OH is 1. The highest BCUT2D eigenvalue weighted by Gasteiger charge is 2.37. The van der Waals surface area contributed by atoms with Crippen molar-refractivity contribution in [2.75, 3.05) is 0 Å². The van der Waals surface area contributed by atoms with Gasteiger partial charge >= 0.3 is 6.18 Å². The number of hydrogen-bond donors (Lipinski definition) is 1. The monoisotopic (exact) mass is 218 g/mol. The fourth-order valence-electron chi connectivity index (χ4n) is 1.31. The Kier molecular flexibility index (Phi) is 4.15. The number of rotatable bonds is 4. The molecule has 1 aromatic carbocycles. The van der Waals surface area contributed by atoms with Gasteiger partial charge in [-0.05, 0) is 24.8 Å². The lowest BCUT2D eigenvalue weighted by molar-refractivity contribution is -0.205. The van der Waals surface area contributed by atoms with Gasteiger partial charge in [0.05, 0.1) is 0 Å². The molecule has 0 aromatic heterocycles. The van der Waals surface area contributed by atoms with Crippen LogP contribution in [-0.4, -0.2) is 17.4 Å². The molecule has 0 bridgehead atoms. The van der Waals surface area contributed by atoms with E-state index in [9.17, 15) is 13.2 Å². The average Bonchev–Trinajstić information content (AvgIpc) is 2.18. The zero-order valence-corrected chi connectivity index (χ0v) is 8.17. The number of alkyl halides is 3. The Hall–Kier alpha value is -1.03.